The lowest BCUT2D eigenvalue weighted by molar-refractivity contribution is -0.148. The fourth-order valence-electron chi connectivity index (χ4n) is 2.07. The summed E-state index contributed by atoms with van der Waals surface area (Å²) >= 11 is 0. The van der Waals surface area contributed by atoms with Crippen molar-refractivity contribution in [1.82, 2.24) is 5.32 Å². The summed E-state index contributed by atoms with van der Waals surface area (Å²) in [6, 6.07) is 0.621. The van der Waals surface area contributed by atoms with E-state index < -0.39 is 0 Å². The molecule has 15 heavy (non-hydrogen) atoms. The van der Waals surface area contributed by atoms with Crippen LogP contribution < -0.4 is 5.32 Å². The molecule has 0 bridgehead atoms. The van der Waals surface area contributed by atoms with Gasteiger partial charge in [0.25, 0.3) is 0 Å². The Hall–Kier alpha value is -0.570. The van der Waals surface area contributed by atoms with Crippen molar-refractivity contribution >= 4 is 5.97 Å². The van der Waals surface area contributed by atoms with Gasteiger partial charge < -0.3 is 10.1 Å². The minimum absolute atomic E-state index is 0.0288. The van der Waals surface area contributed by atoms with Crippen LogP contribution in [0.25, 0.3) is 0 Å². The SMILES string of the molecule is CCCCC1CCC(C(=O)OCC)CN1. The van der Waals surface area contributed by atoms with Gasteiger partial charge in [0.05, 0.1) is 12.5 Å². The summed E-state index contributed by atoms with van der Waals surface area (Å²) in [5, 5.41) is 3.44. The van der Waals surface area contributed by atoms with Gasteiger partial charge in [-0.25, -0.2) is 0 Å². The molecular formula is C12H23NO2. The van der Waals surface area contributed by atoms with E-state index in [0.29, 0.717) is 12.6 Å². The van der Waals surface area contributed by atoms with Gasteiger partial charge in [0.2, 0.25) is 0 Å². The molecule has 1 aliphatic rings. The monoisotopic (exact) mass is 213 g/mol. The van der Waals surface area contributed by atoms with Crippen LogP contribution in [0.4, 0.5) is 0 Å². The molecule has 0 spiro atoms. The molecule has 0 saturated carbocycles. The molecule has 2 atom stereocenters. The van der Waals surface area contributed by atoms with Gasteiger partial charge in [-0.1, -0.05) is 19.8 Å². The average Bonchev–Trinajstić information content (AvgIpc) is 2.27. The fourth-order valence-corrected chi connectivity index (χ4v) is 2.07. The Morgan fingerprint density at radius 2 is 2.20 bits per heavy atom. The largest absolute Gasteiger partial charge is 0.466 e. The highest BCUT2D eigenvalue weighted by molar-refractivity contribution is 5.72. The second kappa shape index (κ2) is 6.83. The molecule has 0 radical (unpaired) electrons. The van der Waals surface area contributed by atoms with Crippen LogP contribution in [0.3, 0.4) is 0 Å². The molecule has 1 N–H and O–H groups in total. The van der Waals surface area contributed by atoms with Crippen LogP contribution in [-0.2, 0) is 9.53 Å². The molecule has 3 heteroatoms. The predicted octanol–water partition coefficient (Wildman–Crippen LogP) is 2.11. The summed E-state index contributed by atoms with van der Waals surface area (Å²) in [5.74, 6) is 0.0572. The summed E-state index contributed by atoms with van der Waals surface area (Å²) < 4.78 is 5.02. The molecule has 1 fully saturated rings. The average molecular weight is 213 g/mol. The highest BCUT2D eigenvalue weighted by Gasteiger charge is 2.26. The number of hydrogen-bond acceptors (Lipinski definition) is 3. The number of ether oxygens (including phenoxy) is 1. The molecule has 3 nitrogen and oxygen atoms in total. The van der Waals surface area contributed by atoms with E-state index in [1.54, 1.807) is 0 Å². The number of rotatable bonds is 5. The number of esters is 1. The lowest BCUT2D eigenvalue weighted by Crippen LogP contribution is -2.42. The molecule has 1 heterocycles. The number of carbonyl (C=O) groups excluding carboxylic acids is 1. The van der Waals surface area contributed by atoms with Crippen LogP contribution in [0.1, 0.15) is 46.0 Å². The Balaban J connectivity index is 2.20. The number of piperidine rings is 1. The Bertz CT molecular complexity index is 186. The first-order valence-corrected chi connectivity index (χ1v) is 6.18. The van der Waals surface area contributed by atoms with Gasteiger partial charge in [-0.3, -0.25) is 4.79 Å². The van der Waals surface area contributed by atoms with Crippen LogP contribution >= 0.6 is 0 Å². The van der Waals surface area contributed by atoms with Gasteiger partial charge in [-0.05, 0) is 26.2 Å². The Morgan fingerprint density at radius 3 is 2.73 bits per heavy atom. The topological polar surface area (TPSA) is 38.3 Å². The number of carbonyl (C=O) groups is 1. The van der Waals surface area contributed by atoms with Crippen LogP contribution in [0.15, 0.2) is 0 Å². The quantitative estimate of drug-likeness (QED) is 0.711. The van der Waals surface area contributed by atoms with E-state index in [9.17, 15) is 4.79 Å². The van der Waals surface area contributed by atoms with Gasteiger partial charge in [0, 0.05) is 12.6 Å². The smallest absolute Gasteiger partial charge is 0.310 e. The zero-order valence-corrected chi connectivity index (χ0v) is 9.92. The number of nitrogens with one attached hydrogen (secondary N) is 1. The van der Waals surface area contributed by atoms with Crippen molar-refractivity contribution in [3.05, 3.63) is 0 Å². The molecule has 0 aromatic rings. The standard InChI is InChI=1S/C12H23NO2/c1-3-5-6-11-8-7-10(9-13-11)12(14)15-4-2/h10-11,13H,3-9H2,1-2H3. The predicted molar refractivity (Wildman–Crippen MR) is 60.7 cm³/mol. The molecule has 2 unspecified atom stereocenters. The molecule has 0 amide bonds. The zero-order chi connectivity index (χ0) is 11.1. The van der Waals surface area contributed by atoms with E-state index in [1.807, 2.05) is 6.92 Å². The van der Waals surface area contributed by atoms with E-state index in [2.05, 4.69) is 12.2 Å². The van der Waals surface area contributed by atoms with E-state index in [-0.39, 0.29) is 11.9 Å². The van der Waals surface area contributed by atoms with Gasteiger partial charge in [0.1, 0.15) is 0 Å². The second-order valence-corrected chi connectivity index (χ2v) is 4.27. The Kier molecular flexibility index (Phi) is 5.69. The van der Waals surface area contributed by atoms with E-state index >= 15 is 0 Å². The summed E-state index contributed by atoms with van der Waals surface area (Å²) in [6.45, 7) is 5.37. The normalized spacial score (nSPS) is 26.3. The zero-order valence-electron chi connectivity index (χ0n) is 9.92. The van der Waals surface area contributed by atoms with Crippen molar-refractivity contribution in [3.63, 3.8) is 0 Å². The van der Waals surface area contributed by atoms with Gasteiger partial charge >= 0.3 is 5.97 Å². The molecule has 1 aliphatic heterocycles. The summed E-state index contributed by atoms with van der Waals surface area (Å²) in [6.07, 6.45) is 5.87. The van der Waals surface area contributed by atoms with E-state index in [1.165, 1.54) is 19.3 Å². The van der Waals surface area contributed by atoms with Crippen molar-refractivity contribution in [3.8, 4) is 0 Å². The lowest BCUT2D eigenvalue weighted by atomic mass is 9.92. The summed E-state index contributed by atoms with van der Waals surface area (Å²) in [4.78, 5) is 11.5. The van der Waals surface area contributed by atoms with Gasteiger partial charge in [-0.15, -0.1) is 0 Å². The maximum atomic E-state index is 11.5. The molecule has 88 valence electrons. The third-order valence-corrected chi connectivity index (χ3v) is 3.04. The maximum absolute atomic E-state index is 11.5. The summed E-state index contributed by atoms with van der Waals surface area (Å²) in [5.41, 5.74) is 0. The first-order valence-electron chi connectivity index (χ1n) is 6.18. The van der Waals surface area contributed by atoms with Gasteiger partial charge in [0.15, 0.2) is 0 Å². The van der Waals surface area contributed by atoms with Crippen molar-refractivity contribution in [2.75, 3.05) is 13.2 Å². The molecule has 1 rings (SSSR count). The van der Waals surface area contributed by atoms with Crippen LogP contribution in [-0.4, -0.2) is 25.2 Å². The van der Waals surface area contributed by atoms with Crippen LogP contribution in [0, 0.1) is 5.92 Å². The molecule has 0 aliphatic carbocycles. The fraction of sp³-hybridized carbons (Fsp3) is 0.917. The number of unbranched alkanes of at least 4 members (excludes halogenated alkanes) is 1. The lowest BCUT2D eigenvalue weighted by Gasteiger charge is -2.28. The van der Waals surface area contributed by atoms with Crippen LogP contribution in [0.5, 0.6) is 0 Å². The van der Waals surface area contributed by atoms with Gasteiger partial charge in [-0.2, -0.15) is 0 Å². The minimum atomic E-state index is -0.0288. The molecule has 0 aromatic heterocycles. The highest BCUT2D eigenvalue weighted by Crippen LogP contribution is 2.18. The van der Waals surface area contributed by atoms with Crippen molar-refractivity contribution < 1.29 is 9.53 Å². The summed E-state index contributed by atoms with van der Waals surface area (Å²) in [7, 11) is 0. The highest BCUT2D eigenvalue weighted by atomic mass is 16.5. The third kappa shape index (κ3) is 4.20. The maximum Gasteiger partial charge on any atom is 0.310 e. The van der Waals surface area contributed by atoms with Crippen LogP contribution in [0.2, 0.25) is 0 Å². The first-order chi connectivity index (χ1) is 7.27. The first kappa shape index (κ1) is 12.5. The van der Waals surface area contributed by atoms with E-state index in [0.717, 1.165) is 19.4 Å². The molecule has 1 saturated heterocycles. The Morgan fingerprint density at radius 1 is 1.40 bits per heavy atom. The van der Waals surface area contributed by atoms with Crippen molar-refractivity contribution in [2.24, 2.45) is 5.92 Å². The van der Waals surface area contributed by atoms with Crippen molar-refractivity contribution in [1.29, 1.82) is 0 Å². The Labute approximate surface area is 92.6 Å². The number of hydrogen-bond donors (Lipinski definition) is 1. The molecule has 0 aromatic carbocycles. The van der Waals surface area contributed by atoms with E-state index in [4.69, 9.17) is 4.74 Å². The third-order valence-electron chi connectivity index (χ3n) is 3.04. The minimum Gasteiger partial charge on any atom is -0.466 e. The second-order valence-electron chi connectivity index (χ2n) is 4.27. The molecular weight excluding hydrogens is 190 g/mol. The van der Waals surface area contributed by atoms with Crippen molar-refractivity contribution in [2.45, 2.75) is 52.0 Å².